The number of para-hydroxylation sites is 6. The van der Waals surface area contributed by atoms with Gasteiger partial charge in [-0.1, -0.05) is 176 Å². The molecule has 300 valence electrons. The molecular weight excluding hydrogens is 763 g/mol. The molecule has 3 nitrogen and oxygen atoms in total. The van der Waals surface area contributed by atoms with Crippen LogP contribution in [-0.4, -0.2) is 0 Å². The van der Waals surface area contributed by atoms with Crippen molar-refractivity contribution in [2.75, 3.05) is 14.7 Å². The molecule has 0 bridgehead atoms. The maximum Gasteiger partial charge on any atom is 0.0540 e. The summed E-state index contributed by atoms with van der Waals surface area (Å²) in [5, 5.41) is 0. The van der Waals surface area contributed by atoms with Gasteiger partial charge in [-0.2, -0.15) is 0 Å². The van der Waals surface area contributed by atoms with Gasteiger partial charge in [0.1, 0.15) is 0 Å². The molecule has 0 aliphatic carbocycles. The largest absolute Gasteiger partial charge is 0.311 e. The van der Waals surface area contributed by atoms with Crippen LogP contribution in [0.2, 0.25) is 0 Å². The molecule has 0 amide bonds. The van der Waals surface area contributed by atoms with Crippen molar-refractivity contribution in [2.24, 2.45) is 0 Å². The number of benzene rings is 10. The molecule has 0 N–H and O–H groups in total. The lowest BCUT2D eigenvalue weighted by Crippen LogP contribution is -2.13. The van der Waals surface area contributed by atoms with Crippen LogP contribution in [0.5, 0.6) is 0 Å². The van der Waals surface area contributed by atoms with Crippen LogP contribution in [0.4, 0.5) is 51.2 Å². The first-order chi connectivity index (χ1) is 31.3. The van der Waals surface area contributed by atoms with E-state index in [4.69, 9.17) is 0 Å². The van der Waals surface area contributed by atoms with Gasteiger partial charge in [-0.3, -0.25) is 0 Å². The Morgan fingerprint density at radius 2 is 0.397 bits per heavy atom. The Balaban J connectivity index is 1.07. The maximum absolute atomic E-state index is 2.42. The van der Waals surface area contributed by atoms with Gasteiger partial charge in [0, 0.05) is 50.9 Å². The highest BCUT2D eigenvalue weighted by atomic mass is 15.2. The first kappa shape index (κ1) is 38.8. The van der Waals surface area contributed by atoms with Crippen molar-refractivity contribution in [1.29, 1.82) is 0 Å². The van der Waals surface area contributed by atoms with Crippen LogP contribution in [0, 0.1) is 0 Å². The van der Waals surface area contributed by atoms with Crippen molar-refractivity contribution in [2.45, 2.75) is 0 Å². The minimum absolute atomic E-state index is 1.07. The molecule has 63 heavy (non-hydrogen) atoms. The predicted molar refractivity (Wildman–Crippen MR) is 267 cm³/mol. The molecule has 0 atom stereocenters. The molecule has 0 fully saturated rings. The third-order valence-corrected chi connectivity index (χ3v) is 11.5. The second-order valence-electron chi connectivity index (χ2n) is 15.4. The van der Waals surface area contributed by atoms with Crippen molar-refractivity contribution >= 4 is 51.2 Å². The predicted octanol–water partition coefficient (Wildman–Crippen LogP) is 17.1. The van der Waals surface area contributed by atoms with Crippen LogP contribution < -0.4 is 14.7 Å². The fraction of sp³-hybridized carbons (Fsp3) is 0. The lowest BCUT2D eigenvalue weighted by atomic mass is 9.98. The van der Waals surface area contributed by atoms with Gasteiger partial charge in [-0.15, -0.1) is 0 Å². The zero-order valence-corrected chi connectivity index (χ0v) is 34.8. The Morgan fingerprint density at radius 1 is 0.159 bits per heavy atom. The highest BCUT2D eigenvalue weighted by Crippen LogP contribution is 2.46. The third kappa shape index (κ3) is 8.24. The molecule has 0 saturated carbocycles. The van der Waals surface area contributed by atoms with E-state index in [-0.39, 0.29) is 0 Å². The first-order valence-corrected chi connectivity index (χ1v) is 21.4. The fourth-order valence-electron chi connectivity index (χ4n) is 8.45. The zero-order valence-electron chi connectivity index (χ0n) is 34.8. The summed E-state index contributed by atoms with van der Waals surface area (Å²) in [5.41, 5.74) is 16.8. The Morgan fingerprint density at radius 3 is 0.746 bits per heavy atom. The topological polar surface area (TPSA) is 9.72 Å². The third-order valence-electron chi connectivity index (χ3n) is 11.5. The van der Waals surface area contributed by atoms with E-state index in [9.17, 15) is 0 Å². The van der Waals surface area contributed by atoms with E-state index >= 15 is 0 Å². The number of rotatable bonds is 12. The van der Waals surface area contributed by atoms with Crippen molar-refractivity contribution in [3.8, 4) is 33.4 Å². The molecule has 0 radical (unpaired) electrons. The monoisotopic (exact) mass is 807 g/mol. The first-order valence-electron chi connectivity index (χ1n) is 21.4. The van der Waals surface area contributed by atoms with E-state index in [0.29, 0.717) is 0 Å². The molecule has 10 aromatic rings. The van der Waals surface area contributed by atoms with E-state index in [1.54, 1.807) is 0 Å². The summed E-state index contributed by atoms with van der Waals surface area (Å²) < 4.78 is 0. The molecule has 0 aliphatic rings. The number of hydrogen-bond donors (Lipinski definition) is 0. The van der Waals surface area contributed by atoms with E-state index in [2.05, 4.69) is 288 Å². The Bertz CT molecular complexity index is 2760. The van der Waals surface area contributed by atoms with Gasteiger partial charge in [0.15, 0.2) is 0 Å². The van der Waals surface area contributed by atoms with Gasteiger partial charge < -0.3 is 14.7 Å². The number of nitrogens with zero attached hydrogens (tertiary/aromatic N) is 3. The van der Waals surface area contributed by atoms with Gasteiger partial charge in [-0.05, 0) is 119 Å². The summed E-state index contributed by atoms with van der Waals surface area (Å²) in [6.07, 6.45) is 0. The van der Waals surface area contributed by atoms with E-state index < -0.39 is 0 Å². The molecule has 0 saturated heterocycles. The number of hydrogen-bond acceptors (Lipinski definition) is 3. The van der Waals surface area contributed by atoms with Crippen LogP contribution in [0.25, 0.3) is 33.4 Å². The SMILES string of the molecule is c1ccc(-c2ccc(N(c3ccccc3-c3ccc(N(c4ccccc4)c4ccccc4)cc3)c3ccccc3-c3ccc(N(c4ccccc4)c4ccccc4)cc3)cc2)cc1. The van der Waals surface area contributed by atoms with Gasteiger partial charge in [0.25, 0.3) is 0 Å². The van der Waals surface area contributed by atoms with Crippen LogP contribution >= 0.6 is 0 Å². The Kier molecular flexibility index (Phi) is 11.1. The molecule has 3 heteroatoms. The smallest absolute Gasteiger partial charge is 0.0540 e. The van der Waals surface area contributed by atoms with Crippen molar-refractivity contribution in [1.82, 2.24) is 0 Å². The molecular formula is C60H45N3. The Hall–Kier alpha value is -8.40. The van der Waals surface area contributed by atoms with E-state index in [0.717, 1.165) is 73.4 Å². The second kappa shape index (κ2) is 18.1. The molecule has 0 aromatic heterocycles. The van der Waals surface area contributed by atoms with Gasteiger partial charge in [-0.25, -0.2) is 0 Å². The summed E-state index contributed by atoms with van der Waals surface area (Å²) in [7, 11) is 0. The maximum atomic E-state index is 2.42. The molecule has 0 unspecified atom stereocenters. The molecule has 0 aliphatic heterocycles. The summed E-state index contributed by atoms with van der Waals surface area (Å²) in [5.74, 6) is 0. The summed E-state index contributed by atoms with van der Waals surface area (Å²) in [6, 6.07) is 97.2. The standard InChI is InChI=1S/C60H45N3/c1-6-20-46(21-7-1)47-34-40-56(41-35-47)63(59-32-18-16-30-57(59)48-36-42-54(43-37-48)61(50-22-8-2-9-23-50)51-24-10-3-11-25-51)60-33-19-17-31-58(60)49-38-44-55(45-39-49)62(52-26-12-4-13-27-52)53-28-14-5-15-29-53/h1-45H. The van der Waals surface area contributed by atoms with Gasteiger partial charge >= 0.3 is 0 Å². The quantitative estimate of drug-likeness (QED) is 0.122. The second-order valence-corrected chi connectivity index (χ2v) is 15.4. The van der Waals surface area contributed by atoms with E-state index in [1.165, 1.54) is 11.1 Å². The zero-order chi connectivity index (χ0) is 42.2. The normalized spacial score (nSPS) is 10.9. The van der Waals surface area contributed by atoms with Crippen LogP contribution in [-0.2, 0) is 0 Å². The average Bonchev–Trinajstić information content (AvgIpc) is 3.37. The molecule has 10 rings (SSSR count). The van der Waals surface area contributed by atoms with Crippen LogP contribution in [0.1, 0.15) is 0 Å². The van der Waals surface area contributed by atoms with Crippen LogP contribution in [0.15, 0.2) is 273 Å². The average molecular weight is 808 g/mol. The highest BCUT2D eigenvalue weighted by Gasteiger charge is 2.22. The Labute approximate surface area is 370 Å². The van der Waals surface area contributed by atoms with Crippen molar-refractivity contribution in [3.05, 3.63) is 273 Å². The summed E-state index contributed by atoms with van der Waals surface area (Å²) in [4.78, 5) is 7.02. The summed E-state index contributed by atoms with van der Waals surface area (Å²) in [6.45, 7) is 0. The van der Waals surface area contributed by atoms with E-state index in [1.807, 2.05) is 0 Å². The van der Waals surface area contributed by atoms with Gasteiger partial charge in [0.2, 0.25) is 0 Å². The molecule has 0 spiro atoms. The van der Waals surface area contributed by atoms with Gasteiger partial charge in [0.05, 0.1) is 11.4 Å². The van der Waals surface area contributed by atoms with Crippen LogP contribution in [0.3, 0.4) is 0 Å². The lowest BCUT2D eigenvalue weighted by Gasteiger charge is -2.30. The lowest BCUT2D eigenvalue weighted by molar-refractivity contribution is 1.27. The fourth-order valence-corrected chi connectivity index (χ4v) is 8.45. The minimum Gasteiger partial charge on any atom is -0.311 e. The van der Waals surface area contributed by atoms with Crippen molar-refractivity contribution < 1.29 is 0 Å². The minimum atomic E-state index is 1.07. The number of anilines is 9. The van der Waals surface area contributed by atoms with Crippen molar-refractivity contribution in [3.63, 3.8) is 0 Å². The summed E-state index contributed by atoms with van der Waals surface area (Å²) >= 11 is 0. The molecule has 0 heterocycles. The molecule has 10 aromatic carbocycles. The highest BCUT2D eigenvalue weighted by molar-refractivity contribution is 5.94.